The summed E-state index contributed by atoms with van der Waals surface area (Å²) in [4.78, 5) is 14.4. The van der Waals surface area contributed by atoms with Gasteiger partial charge < -0.3 is 5.32 Å². The summed E-state index contributed by atoms with van der Waals surface area (Å²) in [6, 6.07) is 6.17. The van der Waals surface area contributed by atoms with Crippen LogP contribution in [-0.4, -0.2) is 44.9 Å². The molecule has 134 valence electrons. The molecule has 0 aliphatic carbocycles. The quantitative estimate of drug-likeness (QED) is 0.788. The standard InChI is InChI=1S/C17H27N3O3S/c1-3-14(2)19-24(22,23)16-9-7-15(8-10-16)18-17(21)13-20-11-5-4-6-12-20/h7-10,14,19H,3-6,11-13H2,1-2H3,(H,18,21). The Kier molecular flexibility index (Phi) is 6.77. The molecule has 1 amide bonds. The maximum absolute atomic E-state index is 12.2. The number of nitrogens with zero attached hydrogens (tertiary/aromatic N) is 1. The molecule has 2 N–H and O–H groups in total. The van der Waals surface area contributed by atoms with Gasteiger partial charge in [-0.3, -0.25) is 9.69 Å². The van der Waals surface area contributed by atoms with Gasteiger partial charge in [0.05, 0.1) is 11.4 Å². The van der Waals surface area contributed by atoms with E-state index in [4.69, 9.17) is 0 Å². The Balaban J connectivity index is 1.92. The van der Waals surface area contributed by atoms with Crippen molar-refractivity contribution in [2.24, 2.45) is 0 Å². The highest BCUT2D eigenvalue weighted by Crippen LogP contribution is 2.15. The minimum absolute atomic E-state index is 0.0646. The van der Waals surface area contributed by atoms with Crippen molar-refractivity contribution in [3.05, 3.63) is 24.3 Å². The van der Waals surface area contributed by atoms with E-state index in [1.807, 2.05) is 13.8 Å². The fraction of sp³-hybridized carbons (Fsp3) is 0.588. The number of piperidine rings is 1. The highest BCUT2D eigenvalue weighted by molar-refractivity contribution is 7.89. The Bertz CT molecular complexity index is 638. The number of nitrogens with one attached hydrogen (secondary N) is 2. The smallest absolute Gasteiger partial charge is 0.240 e. The van der Waals surface area contributed by atoms with Crippen LogP contribution in [0.4, 0.5) is 5.69 Å². The average molecular weight is 353 g/mol. The van der Waals surface area contributed by atoms with Gasteiger partial charge in [-0.2, -0.15) is 0 Å². The number of carbonyl (C=O) groups is 1. The molecule has 1 atom stereocenters. The van der Waals surface area contributed by atoms with Crippen molar-refractivity contribution in [2.75, 3.05) is 25.0 Å². The van der Waals surface area contributed by atoms with Gasteiger partial charge in [-0.15, -0.1) is 0 Å². The summed E-state index contributed by atoms with van der Waals surface area (Å²) in [5.41, 5.74) is 0.611. The van der Waals surface area contributed by atoms with Crippen LogP contribution in [0.2, 0.25) is 0 Å². The molecule has 1 heterocycles. The van der Waals surface area contributed by atoms with Gasteiger partial charge in [-0.25, -0.2) is 13.1 Å². The lowest BCUT2D eigenvalue weighted by atomic mass is 10.1. The summed E-state index contributed by atoms with van der Waals surface area (Å²) < 4.78 is 27.0. The first-order valence-electron chi connectivity index (χ1n) is 8.55. The lowest BCUT2D eigenvalue weighted by Crippen LogP contribution is -2.36. The Labute approximate surface area is 144 Å². The number of rotatable bonds is 7. The predicted molar refractivity (Wildman–Crippen MR) is 95.4 cm³/mol. The first-order valence-corrected chi connectivity index (χ1v) is 10.0. The first-order chi connectivity index (χ1) is 11.4. The van der Waals surface area contributed by atoms with Crippen LogP contribution in [0, 0.1) is 0 Å². The third-order valence-corrected chi connectivity index (χ3v) is 5.84. The Morgan fingerprint density at radius 2 is 1.79 bits per heavy atom. The zero-order chi connectivity index (χ0) is 17.6. The van der Waals surface area contributed by atoms with E-state index in [2.05, 4.69) is 14.9 Å². The lowest BCUT2D eigenvalue weighted by molar-refractivity contribution is -0.117. The third-order valence-electron chi connectivity index (χ3n) is 4.23. The van der Waals surface area contributed by atoms with E-state index < -0.39 is 10.0 Å². The molecule has 0 aromatic heterocycles. The topological polar surface area (TPSA) is 78.5 Å². The molecule has 1 fully saturated rings. The molecule has 2 rings (SSSR count). The van der Waals surface area contributed by atoms with Crippen LogP contribution < -0.4 is 10.0 Å². The van der Waals surface area contributed by atoms with Gasteiger partial charge in [0.1, 0.15) is 0 Å². The predicted octanol–water partition coefficient (Wildman–Crippen LogP) is 2.19. The molecule has 1 saturated heterocycles. The third kappa shape index (κ3) is 5.58. The van der Waals surface area contributed by atoms with Crippen molar-refractivity contribution in [2.45, 2.75) is 50.5 Å². The molecule has 6 nitrogen and oxygen atoms in total. The summed E-state index contributed by atoms with van der Waals surface area (Å²) in [5.74, 6) is -0.0646. The van der Waals surface area contributed by atoms with Crippen molar-refractivity contribution in [3.63, 3.8) is 0 Å². The van der Waals surface area contributed by atoms with Crippen molar-refractivity contribution in [1.29, 1.82) is 0 Å². The molecule has 24 heavy (non-hydrogen) atoms. The van der Waals surface area contributed by atoms with E-state index in [-0.39, 0.29) is 16.8 Å². The van der Waals surface area contributed by atoms with Crippen molar-refractivity contribution in [3.8, 4) is 0 Å². The molecule has 1 aromatic carbocycles. The number of amides is 1. The van der Waals surface area contributed by atoms with Gasteiger partial charge in [0.25, 0.3) is 0 Å². The molecule has 1 aromatic rings. The second-order valence-corrected chi connectivity index (χ2v) is 8.05. The zero-order valence-electron chi connectivity index (χ0n) is 14.4. The van der Waals surface area contributed by atoms with Crippen molar-refractivity contribution >= 4 is 21.6 Å². The molecule has 1 aliphatic rings. The molecule has 7 heteroatoms. The van der Waals surface area contributed by atoms with Crippen LogP contribution >= 0.6 is 0 Å². The summed E-state index contributed by atoms with van der Waals surface area (Å²) >= 11 is 0. The van der Waals surface area contributed by atoms with E-state index in [1.165, 1.54) is 18.6 Å². The molecule has 0 bridgehead atoms. The van der Waals surface area contributed by atoms with Crippen LogP contribution in [0.3, 0.4) is 0 Å². The maximum Gasteiger partial charge on any atom is 0.240 e. The normalized spacial score (nSPS) is 17.4. The van der Waals surface area contributed by atoms with E-state index >= 15 is 0 Å². The van der Waals surface area contributed by atoms with Crippen LogP contribution in [-0.2, 0) is 14.8 Å². The second kappa shape index (κ2) is 8.60. The first kappa shape index (κ1) is 18.9. The molecular formula is C17H27N3O3S. The van der Waals surface area contributed by atoms with Crippen molar-refractivity contribution in [1.82, 2.24) is 9.62 Å². The lowest BCUT2D eigenvalue weighted by Gasteiger charge is -2.25. The van der Waals surface area contributed by atoms with E-state index in [0.717, 1.165) is 32.4 Å². The minimum atomic E-state index is -3.51. The second-order valence-electron chi connectivity index (χ2n) is 6.34. The Morgan fingerprint density at radius 3 is 2.38 bits per heavy atom. The minimum Gasteiger partial charge on any atom is -0.325 e. The maximum atomic E-state index is 12.2. The van der Waals surface area contributed by atoms with Gasteiger partial charge in [-0.05, 0) is 63.5 Å². The number of likely N-dealkylation sites (tertiary alicyclic amines) is 1. The number of carbonyl (C=O) groups excluding carboxylic acids is 1. The Morgan fingerprint density at radius 1 is 1.17 bits per heavy atom. The molecule has 0 spiro atoms. The van der Waals surface area contributed by atoms with Gasteiger partial charge in [0.15, 0.2) is 0 Å². The number of sulfonamides is 1. The van der Waals surface area contributed by atoms with Gasteiger partial charge in [-0.1, -0.05) is 13.3 Å². The Hall–Kier alpha value is -1.44. The molecule has 0 saturated carbocycles. The van der Waals surface area contributed by atoms with Gasteiger partial charge in [0, 0.05) is 11.7 Å². The highest BCUT2D eigenvalue weighted by atomic mass is 32.2. The summed E-state index contributed by atoms with van der Waals surface area (Å²) in [6.45, 7) is 6.06. The van der Waals surface area contributed by atoms with Crippen LogP contribution in [0.15, 0.2) is 29.2 Å². The van der Waals surface area contributed by atoms with Crippen LogP contribution in [0.25, 0.3) is 0 Å². The SMILES string of the molecule is CCC(C)NS(=O)(=O)c1ccc(NC(=O)CN2CCCCC2)cc1. The largest absolute Gasteiger partial charge is 0.325 e. The van der Waals surface area contributed by atoms with Crippen LogP contribution in [0.1, 0.15) is 39.5 Å². The molecule has 0 radical (unpaired) electrons. The van der Waals surface area contributed by atoms with Gasteiger partial charge >= 0.3 is 0 Å². The summed E-state index contributed by atoms with van der Waals surface area (Å²) in [6.07, 6.45) is 4.24. The van der Waals surface area contributed by atoms with Gasteiger partial charge in [0.2, 0.25) is 15.9 Å². The number of hydrogen-bond acceptors (Lipinski definition) is 4. The fourth-order valence-electron chi connectivity index (χ4n) is 2.65. The van der Waals surface area contributed by atoms with Crippen molar-refractivity contribution < 1.29 is 13.2 Å². The van der Waals surface area contributed by atoms with E-state index in [0.29, 0.717) is 12.2 Å². The zero-order valence-corrected chi connectivity index (χ0v) is 15.2. The summed E-state index contributed by atoms with van der Waals surface area (Å²) in [7, 11) is -3.51. The van der Waals surface area contributed by atoms with Crippen LogP contribution in [0.5, 0.6) is 0 Å². The number of anilines is 1. The van der Waals surface area contributed by atoms with E-state index in [9.17, 15) is 13.2 Å². The fourth-order valence-corrected chi connectivity index (χ4v) is 3.98. The molecule has 1 unspecified atom stereocenters. The average Bonchev–Trinajstić information content (AvgIpc) is 2.55. The summed E-state index contributed by atoms with van der Waals surface area (Å²) in [5, 5.41) is 2.82. The number of hydrogen-bond donors (Lipinski definition) is 2. The monoisotopic (exact) mass is 353 g/mol. The van der Waals surface area contributed by atoms with E-state index in [1.54, 1.807) is 12.1 Å². The molecule has 1 aliphatic heterocycles. The number of benzene rings is 1. The highest BCUT2D eigenvalue weighted by Gasteiger charge is 2.17. The molecular weight excluding hydrogens is 326 g/mol.